The van der Waals surface area contributed by atoms with Crippen molar-refractivity contribution in [3.63, 3.8) is 0 Å². The monoisotopic (exact) mass is 375 g/mol. The minimum Gasteiger partial charge on any atom is -0.496 e. The largest absolute Gasteiger partial charge is 0.496 e. The molecule has 1 aromatic rings. The molecule has 2 rings (SSSR count). The lowest BCUT2D eigenvalue weighted by Crippen LogP contribution is -2.35. The van der Waals surface area contributed by atoms with Crippen LogP contribution in [0.4, 0.5) is 4.39 Å². The van der Waals surface area contributed by atoms with E-state index in [1.807, 2.05) is 0 Å². The molecular formula is C16H19ClFNO4S. The van der Waals surface area contributed by atoms with Crippen LogP contribution < -0.4 is 9.46 Å². The molecule has 24 heavy (non-hydrogen) atoms. The highest BCUT2D eigenvalue weighted by Crippen LogP contribution is 2.43. The van der Waals surface area contributed by atoms with Gasteiger partial charge in [-0.15, -0.1) is 11.6 Å². The van der Waals surface area contributed by atoms with Crippen LogP contribution in [0.2, 0.25) is 0 Å². The highest BCUT2D eigenvalue weighted by molar-refractivity contribution is 7.93. The molecule has 0 saturated heterocycles. The Labute approximate surface area is 146 Å². The lowest BCUT2D eigenvalue weighted by atomic mass is 9.91. The Hall–Kier alpha value is -1.41. The van der Waals surface area contributed by atoms with Crippen LogP contribution in [0.15, 0.2) is 41.3 Å². The molecule has 0 saturated carbocycles. The number of halogens is 2. The maximum Gasteiger partial charge on any atom is 0.240 e. The average molecular weight is 376 g/mol. The van der Waals surface area contributed by atoms with E-state index >= 15 is 4.39 Å². The van der Waals surface area contributed by atoms with Crippen molar-refractivity contribution in [3.05, 3.63) is 46.9 Å². The number of rotatable bonds is 7. The number of sulfonamides is 1. The first kappa shape index (κ1) is 18.9. The van der Waals surface area contributed by atoms with E-state index in [4.69, 9.17) is 21.1 Å². The van der Waals surface area contributed by atoms with Gasteiger partial charge in [0.2, 0.25) is 15.9 Å². The minimum atomic E-state index is -3.82. The van der Waals surface area contributed by atoms with Crippen molar-refractivity contribution in [2.75, 3.05) is 26.6 Å². The standard InChI is InChI=1S/C16H19ClFNO4S/c1-22-15-6-4-3-5-13(15)14-8-7-12(11-16(14,18)23-2)24(20,21)19-10-9-17/h3-8,19H,9-11H2,1-2H3. The molecule has 8 heteroatoms. The van der Waals surface area contributed by atoms with Crippen LogP contribution in [-0.2, 0) is 14.8 Å². The van der Waals surface area contributed by atoms with Gasteiger partial charge in [-0.05, 0) is 12.1 Å². The Bertz CT molecular complexity index is 763. The van der Waals surface area contributed by atoms with Crippen molar-refractivity contribution < 1.29 is 22.3 Å². The molecule has 0 aromatic heterocycles. The van der Waals surface area contributed by atoms with E-state index in [0.29, 0.717) is 11.3 Å². The number of para-hydroxylation sites is 1. The molecular weight excluding hydrogens is 357 g/mol. The molecule has 0 fully saturated rings. The Kier molecular flexibility index (Phi) is 6.03. The van der Waals surface area contributed by atoms with Crippen molar-refractivity contribution in [2.24, 2.45) is 0 Å². The molecule has 1 atom stereocenters. The molecule has 5 nitrogen and oxygen atoms in total. The third-order valence-corrected chi connectivity index (χ3v) is 5.44. The van der Waals surface area contributed by atoms with Gasteiger partial charge in [0.1, 0.15) is 5.75 Å². The van der Waals surface area contributed by atoms with Crippen molar-refractivity contribution in [1.82, 2.24) is 4.72 Å². The van der Waals surface area contributed by atoms with Gasteiger partial charge >= 0.3 is 0 Å². The zero-order valence-electron chi connectivity index (χ0n) is 13.4. The summed E-state index contributed by atoms with van der Waals surface area (Å²) in [6.07, 6.45) is 2.33. The molecule has 0 radical (unpaired) electrons. The molecule has 0 spiro atoms. The molecule has 0 amide bonds. The maximum atomic E-state index is 15.4. The van der Waals surface area contributed by atoms with Gasteiger partial charge in [0, 0.05) is 37.1 Å². The van der Waals surface area contributed by atoms with Gasteiger partial charge in [-0.25, -0.2) is 17.5 Å². The van der Waals surface area contributed by atoms with E-state index in [0.717, 1.165) is 0 Å². The zero-order valence-corrected chi connectivity index (χ0v) is 15.0. The van der Waals surface area contributed by atoms with E-state index in [-0.39, 0.29) is 22.9 Å². The van der Waals surface area contributed by atoms with Gasteiger partial charge < -0.3 is 9.47 Å². The smallest absolute Gasteiger partial charge is 0.240 e. The van der Waals surface area contributed by atoms with Gasteiger partial charge in [-0.2, -0.15) is 0 Å². The number of hydrogen-bond donors (Lipinski definition) is 1. The highest BCUT2D eigenvalue weighted by atomic mass is 35.5. The summed E-state index contributed by atoms with van der Waals surface area (Å²) >= 11 is 5.50. The van der Waals surface area contributed by atoms with Crippen LogP contribution in [0.3, 0.4) is 0 Å². The van der Waals surface area contributed by atoms with Gasteiger partial charge in [-0.1, -0.05) is 24.3 Å². The Morgan fingerprint density at radius 1 is 1.29 bits per heavy atom. The molecule has 0 bridgehead atoms. The topological polar surface area (TPSA) is 64.6 Å². The predicted molar refractivity (Wildman–Crippen MR) is 92.2 cm³/mol. The van der Waals surface area contributed by atoms with Crippen LogP contribution in [0.5, 0.6) is 5.75 Å². The summed E-state index contributed by atoms with van der Waals surface area (Å²) in [5, 5.41) is 0. The normalized spacial score (nSPS) is 21.2. The molecule has 1 aromatic carbocycles. The van der Waals surface area contributed by atoms with Gasteiger partial charge in [0.25, 0.3) is 0 Å². The lowest BCUT2D eigenvalue weighted by Gasteiger charge is -2.31. The number of hydrogen-bond acceptors (Lipinski definition) is 4. The molecule has 1 N–H and O–H groups in total. The Morgan fingerprint density at radius 2 is 2.00 bits per heavy atom. The fourth-order valence-corrected chi connectivity index (χ4v) is 3.85. The Balaban J connectivity index is 2.48. The van der Waals surface area contributed by atoms with Crippen molar-refractivity contribution in [1.29, 1.82) is 0 Å². The first-order valence-corrected chi connectivity index (χ1v) is 9.24. The summed E-state index contributed by atoms with van der Waals surface area (Å²) in [6, 6.07) is 6.90. The van der Waals surface area contributed by atoms with E-state index < -0.39 is 22.3 Å². The first-order chi connectivity index (χ1) is 11.4. The zero-order chi connectivity index (χ0) is 17.8. The summed E-state index contributed by atoms with van der Waals surface area (Å²) in [6.45, 7) is 0.0660. The third-order valence-electron chi connectivity index (χ3n) is 3.69. The molecule has 1 aliphatic carbocycles. The van der Waals surface area contributed by atoms with E-state index in [2.05, 4.69) is 4.72 Å². The summed E-state index contributed by atoms with van der Waals surface area (Å²) in [4.78, 5) is -0.101. The average Bonchev–Trinajstić information content (AvgIpc) is 2.60. The second kappa shape index (κ2) is 7.65. The van der Waals surface area contributed by atoms with E-state index in [1.54, 1.807) is 24.3 Å². The molecule has 0 aliphatic heterocycles. The molecule has 1 aliphatic rings. The fourth-order valence-electron chi connectivity index (χ4n) is 2.47. The van der Waals surface area contributed by atoms with E-state index in [1.165, 1.54) is 26.4 Å². The summed E-state index contributed by atoms with van der Waals surface area (Å²) in [5.74, 6) is -1.68. The highest BCUT2D eigenvalue weighted by Gasteiger charge is 2.41. The number of benzene rings is 1. The minimum absolute atomic E-state index is 0.0660. The molecule has 0 heterocycles. The summed E-state index contributed by atoms with van der Waals surface area (Å²) < 4.78 is 52.4. The Morgan fingerprint density at radius 3 is 2.62 bits per heavy atom. The van der Waals surface area contributed by atoms with Crippen LogP contribution in [0.25, 0.3) is 5.57 Å². The SMILES string of the molecule is COc1ccccc1C1=CC=C(S(=O)(=O)NCCCl)CC1(F)OC. The third kappa shape index (κ3) is 3.80. The van der Waals surface area contributed by atoms with Gasteiger partial charge in [-0.3, -0.25) is 0 Å². The van der Waals surface area contributed by atoms with Crippen LogP contribution >= 0.6 is 11.6 Å². The van der Waals surface area contributed by atoms with Crippen molar-refractivity contribution in [3.8, 4) is 5.75 Å². The number of ether oxygens (including phenoxy) is 2. The van der Waals surface area contributed by atoms with Gasteiger partial charge in [0.15, 0.2) is 0 Å². The first-order valence-electron chi connectivity index (χ1n) is 7.22. The predicted octanol–water partition coefficient (Wildman–Crippen LogP) is 2.84. The van der Waals surface area contributed by atoms with Crippen LogP contribution in [0.1, 0.15) is 12.0 Å². The second-order valence-electron chi connectivity index (χ2n) is 5.11. The van der Waals surface area contributed by atoms with Crippen LogP contribution in [0, 0.1) is 0 Å². The second-order valence-corrected chi connectivity index (χ2v) is 7.31. The van der Waals surface area contributed by atoms with Crippen molar-refractivity contribution >= 4 is 27.2 Å². The fraction of sp³-hybridized carbons (Fsp3) is 0.375. The maximum absolute atomic E-state index is 15.4. The number of allylic oxidation sites excluding steroid dienone is 2. The number of nitrogens with one attached hydrogen (secondary N) is 1. The van der Waals surface area contributed by atoms with E-state index in [9.17, 15) is 8.42 Å². The lowest BCUT2D eigenvalue weighted by molar-refractivity contribution is -0.0681. The molecule has 1 unspecified atom stereocenters. The van der Waals surface area contributed by atoms with Crippen LogP contribution in [-0.4, -0.2) is 40.9 Å². The quantitative estimate of drug-likeness (QED) is 0.744. The summed E-state index contributed by atoms with van der Waals surface area (Å²) in [7, 11) is -1.13. The molecule has 132 valence electrons. The van der Waals surface area contributed by atoms with Crippen molar-refractivity contribution in [2.45, 2.75) is 12.3 Å². The summed E-state index contributed by atoms with van der Waals surface area (Å²) in [5.41, 5.74) is 0.713. The number of methoxy groups -OCH3 is 2. The number of alkyl halides is 2. The van der Waals surface area contributed by atoms with Gasteiger partial charge in [0.05, 0.1) is 12.0 Å².